The van der Waals surface area contributed by atoms with E-state index in [9.17, 15) is 0 Å². The minimum atomic E-state index is 0.0826. The Morgan fingerprint density at radius 1 is 1.24 bits per heavy atom. The van der Waals surface area contributed by atoms with Gasteiger partial charge in [0.25, 0.3) is 0 Å². The van der Waals surface area contributed by atoms with E-state index in [0.29, 0.717) is 17.5 Å². The van der Waals surface area contributed by atoms with Crippen molar-refractivity contribution in [3.05, 3.63) is 36.2 Å². The van der Waals surface area contributed by atoms with Gasteiger partial charge in [-0.1, -0.05) is 6.92 Å². The van der Waals surface area contributed by atoms with E-state index in [2.05, 4.69) is 38.1 Å². The van der Waals surface area contributed by atoms with Gasteiger partial charge >= 0.3 is 0 Å². The molecule has 1 saturated heterocycles. The largest absolute Gasteiger partial charge is 0.495 e. The normalized spacial score (nSPS) is 17.8. The lowest BCUT2D eigenvalue weighted by atomic mass is 9.90. The Balaban J connectivity index is 1.44. The summed E-state index contributed by atoms with van der Waals surface area (Å²) >= 11 is 0. The molecule has 5 rings (SSSR count). The SMILES string of the molecule is COc1cc(-c2nnnn2C)ccc1Nc1ncc2cc(C)nc(NCC3(C)CCOC3)c2n1. The zero-order valence-electron chi connectivity index (χ0n) is 19.7. The molecule has 0 radical (unpaired) electrons. The van der Waals surface area contributed by atoms with Crippen LogP contribution in [0.3, 0.4) is 0 Å². The molecule has 11 heteroatoms. The molecule has 4 heterocycles. The molecule has 2 N–H and O–H groups in total. The van der Waals surface area contributed by atoms with E-state index in [0.717, 1.165) is 59.8 Å². The summed E-state index contributed by atoms with van der Waals surface area (Å²) < 4.78 is 12.8. The summed E-state index contributed by atoms with van der Waals surface area (Å²) in [5.74, 6) is 2.46. The van der Waals surface area contributed by atoms with Gasteiger partial charge in [-0.15, -0.1) is 5.10 Å². The molecule has 0 spiro atoms. The fourth-order valence-electron chi connectivity index (χ4n) is 4.03. The first-order valence-corrected chi connectivity index (χ1v) is 11.1. The molecular formula is C23H27N9O2. The molecule has 1 fully saturated rings. The van der Waals surface area contributed by atoms with Crippen LogP contribution in [0.5, 0.6) is 5.75 Å². The van der Waals surface area contributed by atoms with E-state index in [4.69, 9.17) is 19.4 Å². The van der Waals surface area contributed by atoms with E-state index in [-0.39, 0.29) is 5.41 Å². The minimum Gasteiger partial charge on any atom is -0.495 e. The number of hydrogen-bond donors (Lipinski definition) is 2. The first-order valence-electron chi connectivity index (χ1n) is 11.1. The Bertz CT molecular complexity index is 1330. The van der Waals surface area contributed by atoms with Gasteiger partial charge in [0.1, 0.15) is 11.3 Å². The molecule has 1 atom stereocenters. The van der Waals surface area contributed by atoms with Crippen molar-refractivity contribution < 1.29 is 9.47 Å². The van der Waals surface area contributed by atoms with Gasteiger partial charge in [-0.2, -0.15) is 0 Å². The minimum absolute atomic E-state index is 0.0826. The highest BCUT2D eigenvalue weighted by Crippen LogP contribution is 2.32. The Morgan fingerprint density at radius 3 is 2.85 bits per heavy atom. The quantitative estimate of drug-likeness (QED) is 0.424. The topological polar surface area (TPSA) is 125 Å². The highest BCUT2D eigenvalue weighted by atomic mass is 16.5. The summed E-state index contributed by atoms with van der Waals surface area (Å²) in [6, 6.07) is 7.66. The lowest BCUT2D eigenvalue weighted by molar-refractivity contribution is 0.164. The molecule has 34 heavy (non-hydrogen) atoms. The number of nitrogens with one attached hydrogen (secondary N) is 2. The number of anilines is 3. The van der Waals surface area contributed by atoms with Crippen LogP contribution in [-0.4, -0.2) is 62.0 Å². The number of hydrogen-bond acceptors (Lipinski definition) is 10. The van der Waals surface area contributed by atoms with Crippen LogP contribution < -0.4 is 15.4 Å². The molecular weight excluding hydrogens is 434 g/mol. The van der Waals surface area contributed by atoms with Gasteiger partial charge in [0.15, 0.2) is 11.6 Å². The molecule has 0 saturated carbocycles. The van der Waals surface area contributed by atoms with Gasteiger partial charge in [-0.3, -0.25) is 0 Å². The highest BCUT2D eigenvalue weighted by Gasteiger charge is 2.29. The molecule has 1 unspecified atom stereocenters. The van der Waals surface area contributed by atoms with Crippen LogP contribution in [0.15, 0.2) is 30.5 Å². The van der Waals surface area contributed by atoms with E-state index in [1.54, 1.807) is 25.0 Å². The second-order valence-corrected chi connectivity index (χ2v) is 8.88. The summed E-state index contributed by atoms with van der Waals surface area (Å²) in [5.41, 5.74) is 3.31. The first kappa shape index (κ1) is 22.0. The zero-order chi connectivity index (χ0) is 23.7. The average molecular weight is 462 g/mol. The highest BCUT2D eigenvalue weighted by molar-refractivity contribution is 5.89. The van der Waals surface area contributed by atoms with E-state index in [1.165, 1.54) is 0 Å². The van der Waals surface area contributed by atoms with Gasteiger partial charge in [0.2, 0.25) is 5.95 Å². The molecule has 0 amide bonds. The fraction of sp³-hybridized carbons (Fsp3) is 0.391. The van der Waals surface area contributed by atoms with Crippen molar-refractivity contribution in [1.82, 2.24) is 35.2 Å². The van der Waals surface area contributed by atoms with E-state index >= 15 is 0 Å². The molecule has 176 valence electrons. The van der Waals surface area contributed by atoms with Gasteiger partial charge in [-0.25, -0.2) is 19.6 Å². The maximum atomic E-state index is 5.60. The summed E-state index contributed by atoms with van der Waals surface area (Å²) in [5, 5.41) is 19.3. The van der Waals surface area contributed by atoms with Crippen molar-refractivity contribution >= 4 is 28.4 Å². The van der Waals surface area contributed by atoms with E-state index in [1.807, 2.05) is 31.2 Å². The second kappa shape index (κ2) is 8.82. The Hall–Kier alpha value is -3.86. The van der Waals surface area contributed by atoms with Crippen LogP contribution in [-0.2, 0) is 11.8 Å². The molecule has 0 bridgehead atoms. The smallest absolute Gasteiger partial charge is 0.227 e. The number of ether oxygens (including phenoxy) is 2. The third kappa shape index (κ3) is 4.34. The van der Waals surface area contributed by atoms with Crippen LogP contribution >= 0.6 is 0 Å². The van der Waals surface area contributed by atoms with Gasteiger partial charge in [0, 0.05) is 48.5 Å². The fourth-order valence-corrected chi connectivity index (χ4v) is 4.03. The van der Waals surface area contributed by atoms with Crippen LogP contribution in [0.25, 0.3) is 22.3 Å². The van der Waals surface area contributed by atoms with Crippen molar-refractivity contribution in [2.24, 2.45) is 12.5 Å². The Morgan fingerprint density at radius 2 is 2.12 bits per heavy atom. The van der Waals surface area contributed by atoms with Crippen LogP contribution in [0.1, 0.15) is 19.0 Å². The number of methoxy groups -OCH3 is 1. The number of fused-ring (bicyclic) bond motifs is 1. The van der Waals surface area contributed by atoms with Gasteiger partial charge in [-0.05, 0) is 48.0 Å². The predicted octanol–water partition coefficient (Wildman–Crippen LogP) is 3.11. The number of aromatic nitrogens is 7. The number of rotatable bonds is 7. The third-order valence-corrected chi connectivity index (χ3v) is 6.00. The lowest BCUT2D eigenvalue weighted by Gasteiger charge is -2.22. The molecule has 1 aliphatic heterocycles. The Labute approximate surface area is 196 Å². The molecule has 1 aliphatic rings. The number of nitrogens with zero attached hydrogens (tertiary/aromatic N) is 7. The Kier molecular flexibility index (Phi) is 5.70. The van der Waals surface area contributed by atoms with Gasteiger partial charge < -0.3 is 20.1 Å². The number of pyridine rings is 1. The predicted molar refractivity (Wildman–Crippen MR) is 128 cm³/mol. The van der Waals surface area contributed by atoms with Gasteiger partial charge in [0.05, 0.1) is 19.4 Å². The summed E-state index contributed by atoms with van der Waals surface area (Å²) in [7, 11) is 3.40. The first-order chi connectivity index (χ1) is 16.4. The average Bonchev–Trinajstić information content (AvgIpc) is 3.46. The summed E-state index contributed by atoms with van der Waals surface area (Å²) in [6.45, 7) is 6.49. The number of aryl methyl sites for hydroxylation is 2. The van der Waals surface area contributed by atoms with Crippen molar-refractivity contribution in [2.45, 2.75) is 20.3 Å². The number of tetrazole rings is 1. The second-order valence-electron chi connectivity index (χ2n) is 8.88. The number of benzene rings is 1. The van der Waals surface area contributed by atoms with Crippen molar-refractivity contribution in [1.29, 1.82) is 0 Å². The molecule has 3 aromatic heterocycles. The maximum absolute atomic E-state index is 5.60. The lowest BCUT2D eigenvalue weighted by Crippen LogP contribution is -2.27. The van der Waals surface area contributed by atoms with E-state index < -0.39 is 0 Å². The molecule has 11 nitrogen and oxygen atoms in total. The van der Waals surface area contributed by atoms with Crippen LogP contribution in [0.4, 0.5) is 17.5 Å². The standard InChI is InChI=1S/C23H27N9O2/c1-14-9-16-11-24-22(28-19(16)20(26-14)25-12-23(2)7-8-34-13-23)27-17-6-5-15(10-18(17)33-4)21-29-30-31-32(21)3/h5-6,9-11H,7-8,12-13H2,1-4H3,(H,25,26)(H,24,27,28). The molecule has 0 aliphatic carbocycles. The van der Waals surface area contributed by atoms with Crippen LogP contribution in [0, 0.1) is 12.3 Å². The maximum Gasteiger partial charge on any atom is 0.227 e. The summed E-state index contributed by atoms with van der Waals surface area (Å²) in [6.07, 6.45) is 2.82. The van der Waals surface area contributed by atoms with Crippen molar-refractivity contribution in [3.8, 4) is 17.1 Å². The third-order valence-electron chi connectivity index (χ3n) is 6.00. The monoisotopic (exact) mass is 461 g/mol. The zero-order valence-corrected chi connectivity index (χ0v) is 19.7. The van der Waals surface area contributed by atoms with Crippen molar-refractivity contribution in [2.75, 3.05) is 37.5 Å². The summed E-state index contributed by atoms with van der Waals surface area (Å²) in [4.78, 5) is 14.0. The molecule has 1 aromatic carbocycles. The van der Waals surface area contributed by atoms with Crippen molar-refractivity contribution in [3.63, 3.8) is 0 Å². The van der Waals surface area contributed by atoms with Crippen LogP contribution in [0.2, 0.25) is 0 Å². The molecule has 4 aromatic rings.